The molecule has 5 nitrogen and oxygen atoms in total. The highest BCUT2D eigenvalue weighted by Crippen LogP contribution is 2.29. The summed E-state index contributed by atoms with van der Waals surface area (Å²) < 4.78 is 38.1. The predicted octanol–water partition coefficient (Wildman–Crippen LogP) is 3.05. The number of hydrogen-bond donors (Lipinski definition) is 3. The van der Waals surface area contributed by atoms with E-state index in [4.69, 9.17) is 17.4 Å². The van der Waals surface area contributed by atoms with Gasteiger partial charge in [0.2, 0.25) is 5.95 Å². The van der Waals surface area contributed by atoms with Crippen molar-refractivity contribution in [1.29, 1.82) is 0 Å². The maximum Gasteiger partial charge on any atom is 0.433 e. The summed E-state index contributed by atoms with van der Waals surface area (Å²) in [5.41, 5.74) is 1.77. The summed E-state index contributed by atoms with van der Waals surface area (Å²) in [7, 11) is 0. The topological polar surface area (TPSA) is 75.9 Å². The van der Waals surface area contributed by atoms with Crippen molar-refractivity contribution in [3.8, 4) is 0 Å². The summed E-state index contributed by atoms with van der Waals surface area (Å²) in [4.78, 5) is 7.07. The zero-order valence-corrected chi connectivity index (χ0v) is 11.3. The predicted molar refractivity (Wildman–Crippen MR) is 73.6 cm³/mol. The highest BCUT2D eigenvalue weighted by atomic mass is 35.5. The first-order valence-corrected chi connectivity index (χ1v) is 6.17. The number of hydrazine groups is 1. The van der Waals surface area contributed by atoms with E-state index in [1.165, 1.54) is 0 Å². The average molecular weight is 318 g/mol. The second kappa shape index (κ2) is 6.15. The Bertz CT molecular complexity index is 615. The summed E-state index contributed by atoms with van der Waals surface area (Å²) in [5.74, 6) is 4.77. The van der Waals surface area contributed by atoms with E-state index in [9.17, 15) is 13.2 Å². The first kappa shape index (κ1) is 15.3. The number of nitrogens with one attached hydrogen (secondary N) is 2. The van der Waals surface area contributed by atoms with Crippen molar-refractivity contribution in [3.63, 3.8) is 0 Å². The molecule has 0 saturated heterocycles. The lowest BCUT2D eigenvalue weighted by atomic mass is 10.2. The van der Waals surface area contributed by atoms with E-state index in [0.29, 0.717) is 5.02 Å². The van der Waals surface area contributed by atoms with Crippen LogP contribution in [0.25, 0.3) is 0 Å². The molecule has 0 atom stereocenters. The van der Waals surface area contributed by atoms with Gasteiger partial charge in [-0.05, 0) is 17.7 Å². The molecule has 0 aliphatic heterocycles. The van der Waals surface area contributed by atoms with Crippen molar-refractivity contribution >= 4 is 23.4 Å². The number of rotatable bonds is 4. The normalized spacial score (nSPS) is 11.3. The number of benzene rings is 1. The summed E-state index contributed by atoms with van der Waals surface area (Å²) in [6.07, 6.45) is -4.58. The number of nitrogen functional groups attached to an aromatic ring is 1. The molecule has 0 radical (unpaired) electrons. The van der Waals surface area contributed by atoms with Crippen LogP contribution in [0.4, 0.5) is 24.9 Å². The average Bonchev–Trinajstić information content (AvgIpc) is 2.45. The molecule has 2 rings (SSSR count). The summed E-state index contributed by atoms with van der Waals surface area (Å²) in [5, 5.41) is 3.36. The van der Waals surface area contributed by atoms with Gasteiger partial charge in [-0.25, -0.2) is 10.8 Å². The van der Waals surface area contributed by atoms with Gasteiger partial charge in [-0.15, -0.1) is 0 Å². The lowest BCUT2D eigenvalue weighted by Crippen LogP contribution is -2.16. The fourth-order valence-electron chi connectivity index (χ4n) is 1.54. The molecule has 0 unspecified atom stereocenters. The molecule has 1 heterocycles. The minimum absolute atomic E-state index is 0.0141. The van der Waals surface area contributed by atoms with Crippen LogP contribution in [-0.2, 0) is 12.7 Å². The first-order valence-electron chi connectivity index (χ1n) is 5.79. The molecular weight excluding hydrogens is 307 g/mol. The van der Waals surface area contributed by atoms with E-state index in [2.05, 4.69) is 15.3 Å². The Morgan fingerprint density at radius 3 is 2.38 bits per heavy atom. The molecule has 0 amide bonds. The first-order chi connectivity index (χ1) is 9.88. The molecule has 0 bridgehead atoms. The van der Waals surface area contributed by atoms with Crippen LogP contribution >= 0.6 is 11.6 Å². The molecule has 112 valence electrons. The minimum Gasteiger partial charge on any atom is -0.366 e. The SMILES string of the molecule is NNc1nc(NCc2ccc(Cl)cc2)cc(C(F)(F)F)n1. The largest absolute Gasteiger partial charge is 0.433 e. The molecule has 1 aromatic carbocycles. The molecule has 0 aliphatic carbocycles. The Kier molecular flexibility index (Phi) is 4.49. The number of nitrogens with zero attached hydrogens (tertiary/aromatic N) is 2. The maximum atomic E-state index is 12.7. The second-order valence-corrected chi connectivity index (χ2v) is 4.52. The van der Waals surface area contributed by atoms with Crippen LogP contribution in [0, 0.1) is 0 Å². The lowest BCUT2D eigenvalue weighted by Gasteiger charge is -2.11. The third-order valence-corrected chi connectivity index (χ3v) is 2.78. The van der Waals surface area contributed by atoms with Gasteiger partial charge in [0.1, 0.15) is 5.82 Å². The van der Waals surface area contributed by atoms with Gasteiger partial charge in [0.25, 0.3) is 0 Å². The Balaban J connectivity index is 2.17. The van der Waals surface area contributed by atoms with Crippen LogP contribution in [0.1, 0.15) is 11.3 Å². The standard InChI is InChI=1S/C12H11ClF3N5/c13-8-3-1-7(2-4-8)6-18-10-5-9(12(14,15)16)19-11(20-10)21-17/h1-5H,6,17H2,(H2,18,19,20,21). The highest BCUT2D eigenvalue weighted by molar-refractivity contribution is 6.30. The van der Waals surface area contributed by atoms with Crippen LogP contribution in [0.15, 0.2) is 30.3 Å². The van der Waals surface area contributed by atoms with Crippen molar-refractivity contribution in [2.75, 3.05) is 10.7 Å². The van der Waals surface area contributed by atoms with Crippen molar-refractivity contribution in [2.45, 2.75) is 12.7 Å². The molecule has 4 N–H and O–H groups in total. The Labute approximate surface area is 123 Å². The monoisotopic (exact) mass is 317 g/mol. The smallest absolute Gasteiger partial charge is 0.366 e. The number of alkyl halides is 3. The molecule has 0 saturated carbocycles. The van der Waals surface area contributed by atoms with Crippen molar-refractivity contribution in [2.24, 2.45) is 5.84 Å². The maximum absolute atomic E-state index is 12.7. The molecule has 21 heavy (non-hydrogen) atoms. The number of anilines is 2. The van der Waals surface area contributed by atoms with E-state index in [1.807, 2.05) is 5.43 Å². The molecule has 0 aliphatic rings. The molecule has 9 heteroatoms. The van der Waals surface area contributed by atoms with E-state index in [0.717, 1.165) is 11.6 Å². The van der Waals surface area contributed by atoms with Crippen molar-refractivity contribution in [1.82, 2.24) is 9.97 Å². The second-order valence-electron chi connectivity index (χ2n) is 4.08. The number of halogens is 4. The number of aromatic nitrogens is 2. The molecule has 0 fully saturated rings. The summed E-state index contributed by atoms with van der Waals surface area (Å²) in [6, 6.07) is 7.70. The van der Waals surface area contributed by atoms with Gasteiger partial charge in [0.05, 0.1) is 0 Å². The van der Waals surface area contributed by atoms with E-state index < -0.39 is 11.9 Å². The lowest BCUT2D eigenvalue weighted by molar-refractivity contribution is -0.141. The van der Waals surface area contributed by atoms with Gasteiger partial charge in [-0.3, -0.25) is 5.43 Å². The van der Waals surface area contributed by atoms with Gasteiger partial charge >= 0.3 is 6.18 Å². The number of hydrogen-bond acceptors (Lipinski definition) is 5. The summed E-state index contributed by atoms with van der Waals surface area (Å²) in [6.45, 7) is 0.287. The van der Waals surface area contributed by atoms with Crippen LogP contribution in [0.5, 0.6) is 0 Å². The minimum atomic E-state index is -4.58. The highest BCUT2D eigenvalue weighted by Gasteiger charge is 2.33. The summed E-state index contributed by atoms with van der Waals surface area (Å²) >= 11 is 5.75. The van der Waals surface area contributed by atoms with E-state index >= 15 is 0 Å². The Morgan fingerprint density at radius 2 is 1.81 bits per heavy atom. The fourth-order valence-corrected chi connectivity index (χ4v) is 1.67. The van der Waals surface area contributed by atoms with Crippen LogP contribution in [0.2, 0.25) is 5.02 Å². The Hall–Kier alpha value is -2.06. The van der Waals surface area contributed by atoms with Gasteiger partial charge in [-0.1, -0.05) is 23.7 Å². The zero-order chi connectivity index (χ0) is 15.5. The molecule has 1 aromatic heterocycles. The Morgan fingerprint density at radius 1 is 1.14 bits per heavy atom. The van der Waals surface area contributed by atoms with Gasteiger partial charge in [0.15, 0.2) is 5.69 Å². The van der Waals surface area contributed by atoms with Gasteiger partial charge in [0, 0.05) is 17.6 Å². The number of nitrogens with two attached hydrogens (primary N) is 1. The zero-order valence-electron chi connectivity index (χ0n) is 10.6. The van der Waals surface area contributed by atoms with Crippen molar-refractivity contribution in [3.05, 3.63) is 46.6 Å². The van der Waals surface area contributed by atoms with Crippen LogP contribution in [-0.4, -0.2) is 9.97 Å². The molecule has 0 spiro atoms. The quantitative estimate of drug-likeness (QED) is 0.597. The van der Waals surface area contributed by atoms with Crippen molar-refractivity contribution < 1.29 is 13.2 Å². The van der Waals surface area contributed by atoms with E-state index in [-0.39, 0.29) is 18.3 Å². The van der Waals surface area contributed by atoms with Crippen LogP contribution in [0.3, 0.4) is 0 Å². The van der Waals surface area contributed by atoms with Gasteiger partial charge in [-0.2, -0.15) is 18.2 Å². The molecular formula is C12H11ClF3N5. The third-order valence-electron chi connectivity index (χ3n) is 2.53. The molecule has 2 aromatic rings. The van der Waals surface area contributed by atoms with E-state index in [1.54, 1.807) is 24.3 Å². The van der Waals surface area contributed by atoms with Crippen LogP contribution < -0.4 is 16.6 Å². The van der Waals surface area contributed by atoms with Gasteiger partial charge < -0.3 is 5.32 Å². The third kappa shape index (κ3) is 4.20. The fraction of sp³-hybridized carbons (Fsp3) is 0.167.